The Hall–Kier alpha value is -2.29. The average molecular weight is 435 g/mol. The number of ether oxygens (including phenoxy) is 1. The summed E-state index contributed by atoms with van der Waals surface area (Å²) in [7, 11) is 0. The summed E-state index contributed by atoms with van der Waals surface area (Å²) in [6.45, 7) is 4.74. The first-order chi connectivity index (χ1) is 11.9. The van der Waals surface area contributed by atoms with E-state index in [-0.39, 0.29) is 28.8 Å². The van der Waals surface area contributed by atoms with Gasteiger partial charge in [-0.15, -0.1) is 0 Å². The van der Waals surface area contributed by atoms with Crippen molar-refractivity contribution >= 4 is 42.1 Å². The van der Waals surface area contributed by atoms with E-state index in [0.717, 1.165) is 18.2 Å². The summed E-state index contributed by atoms with van der Waals surface area (Å²) in [5.41, 5.74) is -0.00951. The van der Waals surface area contributed by atoms with E-state index in [0.29, 0.717) is 0 Å². The van der Waals surface area contributed by atoms with E-state index in [4.69, 9.17) is 13.3 Å². The molecule has 0 aliphatic heterocycles. The van der Waals surface area contributed by atoms with Gasteiger partial charge >= 0.3 is 100 Å². The van der Waals surface area contributed by atoms with E-state index >= 15 is 0 Å². The zero-order valence-corrected chi connectivity index (χ0v) is 16.4. The number of hydrogen-bond donors (Lipinski definition) is 5. The zero-order chi connectivity index (χ0) is 20.5. The molecule has 0 radical (unpaired) electrons. The molecule has 0 aromatic heterocycles. The third-order valence-electron chi connectivity index (χ3n) is 2.90. The van der Waals surface area contributed by atoms with E-state index in [9.17, 15) is 23.2 Å². The van der Waals surface area contributed by atoms with Crippen LogP contribution in [-0.4, -0.2) is 57.0 Å². The van der Waals surface area contributed by atoms with E-state index < -0.39 is 37.9 Å². The first kappa shape index (κ1) is 23.7. The molecular weight excluding hydrogens is 413 g/mol. The van der Waals surface area contributed by atoms with Crippen LogP contribution in [0.1, 0.15) is 27.2 Å². The van der Waals surface area contributed by atoms with Crippen molar-refractivity contribution in [3.05, 3.63) is 18.2 Å². The number of hydrogen-bond acceptors (Lipinski definition) is 6. The number of amides is 1. The molecule has 1 atom stereocenters. The van der Waals surface area contributed by atoms with Crippen LogP contribution in [0.3, 0.4) is 0 Å². The van der Waals surface area contributed by atoms with Crippen molar-refractivity contribution in [3.8, 4) is 5.75 Å². The molecule has 0 heterocycles. The molecule has 0 saturated carbocycles. The van der Waals surface area contributed by atoms with Gasteiger partial charge in [-0.1, -0.05) is 6.92 Å². The Morgan fingerprint density at radius 3 is 2.19 bits per heavy atom. The number of phenolic OH excluding ortho intramolecular Hbond substituents is 1. The van der Waals surface area contributed by atoms with Crippen molar-refractivity contribution in [2.75, 3.05) is 11.9 Å². The molecule has 11 heteroatoms. The van der Waals surface area contributed by atoms with Gasteiger partial charge in [-0.3, -0.25) is 9.59 Å². The SMILES string of the molecule is CC(=O)Nc1cc([As](=O)(O)O)ccc1O.CCOC(=O)C(CC)C(=O)O. The number of benzene rings is 1. The Labute approximate surface area is 152 Å². The van der Waals surface area contributed by atoms with Gasteiger partial charge in [-0.2, -0.15) is 0 Å². The van der Waals surface area contributed by atoms with Crippen molar-refractivity contribution in [2.24, 2.45) is 5.92 Å². The average Bonchev–Trinajstić information content (AvgIpc) is 2.49. The summed E-state index contributed by atoms with van der Waals surface area (Å²) >= 11 is -4.98. The fraction of sp³-hybridized carbons (Fsp3) is 0.400. The predicted octanol–water partition coefficient (Wildman–Crippen LogP) is -0.428. The number of carboxylic acids is 1. The molecule has 1 unspecified atom stereocenters. The monoisotopic (exact) mass is 435 g/mol. The molecule has 0 bridgehead atoms. The van der Waals surface area contributed by atoms with Crippen LogP contribution in [0.2, 0.25) is 0 Å². The van der Waals surface area contributed by atoms with E-state index in [1.165, 1.54) is 6.92 Å². The quantitative estimate of drug-likeness (QED) is 0.172. The van der Waals surface area contributed by atoms with Gasteiger partial charge in [-0.25, -0.2) is 0 Å². The number of esters is 1. The number of rotatable bonds is 6. The van der Waals surface area contributed by atoms with E-state index in [1.54, 1.807) is 13.8 Å². The van der Waals surface area contributed by atoms with Gasteiger partial charge in [0.25, 0.3) is 0 Å². The molecule has 5 N–H and O–H groups in total. The Morgan fingerprint density at radius 1 is 1.23 bits per heavy atom. The minimum Gasteiger partial charge on any atom is -0.481 e. The third kappa shape index (κ3) is 8.19. The molecule has 10 nitrogen and oxygen atoms in total. The van der Waals surface area contributed by atoms with Crippen molar-refractivity contribution in [1.82, 2.24) is 0 Å². The Balaban J connectivity index is 0.000000508. The molecule has 1 aromatic rings. The Morgan fingerprint density at radius 2 is 1.81 bits per heavy atom. The van der Waals surface area contributed by atoms with Crippen LogP contribution in [-0.2, 0) is 22.9 Å². The Bertz CT molecular complexity index is 698. The van der Waals surface area contributed by atoms with E-state index in [1.807, 2.05) is 0 Å². The number of nitrogens with one attached hydrogen (secondary N) is 1. The molecular formula is C15H22AsNO9. The number of phenols is 1. The molecule has 0 aliphatic carbocycles. The number of carbonyl (C=O) groups excluding carboxylic acids is 2. The topological polar surface area (TPSA) is 170 Å². The minimum absolute atomic E-state index is 0.00951. The molecule has 1 rings (SSSR count). The van der Waals surface area contributed by atoms with Crippen molar-refractivity contribution in [3.63, 3.8) is 0 Å². The second kappa shape index (κ2) is 10.6. The largest absolute Gasteiger partial charge is 0.481 e. The van der Waals surface area contributed by atoms with Gasteiger partial charge in [0.2, 0.25) is 0 Å². The number of carbonyl (C=O) groups is 3. The normalized spacial score (nSPS) is 11.6. The molecule has 0 fully saturated rings. The van der Waals surface area contributed by atoms with Gasteiger partial charge < -0.3 is 9.84 Å². The van der Waals surface area contributed by atoms with Gasteiger partial charge in [0.15, 0.2) is 5.92 Å². The number of aromatic hydroxyl groups is 1. The second-order valence-corrected chi connectivity index (χ2v) is 8.34. The molecule has 0 spiro atoms. The van der Waals surface area contributed by atoms with Crippen molar-refractivity contribution in [2.45, 2.75) is 27.2 Å². The zero-order valence-electron chi connectivity index (χ0n) is 14.5. The molecule has 1 aromatic carbocycles. The summed E-state index contributed by atoms with van der Waals surface area (Å²) in [5, 5.41) is 20.0. The first-order valence-electron chi connectivity index (χ1n) is 7.50. The van der Waals surface area contributed by atoms with Crippen LogP contribution in [0.15, 0.2) is 18.2 Å². The summed E-state index contributed by atoms with van der Waals surface area (Å²) in [5.74, 6) is -3.44. The minimum atomic E-state index is -4.98. The molecule has 146 valence electrons. The summed E-state index contributed by atoms with van der Waals surface area (Å²) < 4.78 is 33.1. The number of anilines is 1. The van der Waals surface area contributed by atoms with Crippen molar-refractivity contribution < 1.29 is 41.3 Å². The fourth-order valence-electron chi connectivity index (χ4n) is 1.68. The maximum Gasteiger partial charge on any atom is 0.320 e. The van der Waals surface area contributed by atoms with Gasteiger partial charge in [0.1, 0.15) is 0 Å². The third-order valence-corrected chi connectivity index (χ3v) is 4.90. The van der Waals surface area contributed by atoms with Crippen LogP contribution in [0.4, 0.5) is 5.69 Å². The summed E-state index contributed by atoms with van der Waals surface area (Å²) in [4.78, 5) is 31.9. The van der Waals surface area contributed by atoms with Gasteiger partial charge in [0, 0.05) is 0 Å². The van der Waals surface area contributed by atoms with E-state index in [2.05, 4.69) is 10.1 Å². The molecule has 0 saturated heterocycles. The first-order valence-corrected chi connectivity index (χ1v) is 10.9. The summed E-state index contributed by atoms with van der Waals surface area (Å²) in [6.07, 6.45) is 0.272. The number of aliphatic carboxylic acids is 1. The maximum absolute atomic E-state index is 10.9. The van der Waals surface area contributed by atoms with Crippen LogP contribution in [0.5, 0.6) is 5.75 Å². The predicted molar refractivity (Wildman–Crippen MR) is 91.0 cm³/mol. The smallest absolute Gasteiger partial charge is 0.320 e. The van der Waals surface area contributed by atoms with Gasteiger partial charge in [-0.05, 0) is 13.3 Å². The van der Waals surface area contributed by atoms with Gasteiger partial charge in [0.05, 0.1) is 6.61 Å². The van der Waals surface area contributed by atoms with Crippen LogP contribution >= 0.6 is 0 Å². The van der Waals surface area contributed by atoms with Crippen LogP contribution < -0.4 is 9.67 Å². The Kier molecular flexibility index (Phi) is 9.71. The fourth-order valence-corrected chi connectivity index (χ4v) is 2.87. The van der Waals surface area contributed by atoms with Crippen molar-refractivity contribution in [1.29, 1.82) is 0 Å². The summed E-state index contributed by atoms with van der Waals surface area (Å²) in [6, 6.07) is 3.32. The molecule has 0 aliphatic rings. The molecule has 26 heavy (non-hydrogen) atoms. The second-order valence-electron chi connectivity index (χ2n) is 4.98. The number of carboxylic acid groups (broad SMARTS) is 1. The molecule has 1 amide bonds. The van der Waals surface area contributed by atoms with Crippen LogP contribution in [0, 0.1) is 5.92 Å². The van der Waals surface area contributed by atoms with Crippen LogP contribution in [0.25, 0.3) is 0 Å². The maximum atomic E-state index is 10.9. The standard InChI is InChI=1S/C8H10AsNO5.C7H12O4/c1-5(11)10-7-4-6(9(13,14)15)2-3-8(7)12;1-3-5(6(8)9)7(10)11-4-2/h2-4,12H,1H3,(H,10,11)(H2,13,14,15);5H,3-4H2,1-2H3,(H,8,9).